The lowest BCUT2D eigenvalue weighted by molar-refractivity contribution is -0.138. The molecule has 0 amide bonds. The zero-order chi connectivity index (χ0) is 20.8. The Morgan fingerprint density at radius 1 is 0.962 bits per heavy atom. The summed E-state index contributed by atoms with van der Waals surface area (Å²) in [5, 5.41) is 0. The third kappa shape index (κ3) is 16.1. The van der Waals surface area contributed by atoms with Gasteiger partial charge in [-0.1, -0.05) is 44.7 Å². The van der Waals surface area contributed by atoms with Gasteiger partial charge in [0.1, 0.15) is 19.0 Å². The van der Waals surface area contributed by atoms with Crippen LogP contribution in [0.3, 0.4) is 0 Å². The molecule has 0 aliphatic heterocycles. The monoisotopic (exact) mass is 360 g/mol. The van der Waals surface area contributed by atoms with E-state index in [1.807, 2.05) is 40.7 Å². The molecule has 0 spiro atoms. The van der Waals surface area contributed by atoms with Gasteiger partial charge in [-0.25, -0.2) is 4.79 Å². The van der Waals surface area contributed by atoms with E-state index in [2.05, 4.69) is 19.4 Å². The van der Waals surface area contributed by atoms with Gasteiger partial charge < -0.3 is 9.47 Å². The van der Waals surface area contributed by atoms with Crippen molar-refractivity contribution in [1.82, 2.24) is 0 Å². The maximum Gasteiger partial charge on any atom is 0.330 e. The number of Topliss-reactive ketones (excluding diaryl/α,β-unsaturated/α-hetero) is 1. The van der Waals surface area contributed by atoms with Crippen LogP contribution in [0.15, 0.2) is 60.4 Å². The number of esters is 1. The molecule has 0 aromatic rings. The Bertz CT molecular complexity index is 532. The van der Waals surface area contributed by atoms with Gasteiger partial charge in [-0.3, -0.25) is 4.79 Å². The first-order valence-corrected chi connectivity index (χ1v) is 8.49. The Kier molecular flexibility index (Phi) is 23.9. The van der Waals surface area contributed by atoms with Gasteiger partial charge in [0.15, 0.2) is 5.78 Å². The topological polar surface area (TPSA) is 52.6 Å². The van der Waals surface area contributed by atoms with E-state index in [0.717, 1.165) is 6.08 Å². The van der Waals surface area contributed by atoms with Crippen LogP contribution in [0, 0.1) is 12.8 Å². The average Bonchev–Trinajstić information content (AvgIpc) is 2.70. The van der Waals surface area contributed by atoms with Crippen LogP contribution in [0.5, 0.6) is 0 Å². The number of carbonyl (C=O) groups excluding carboxylic acids is 2. The van der Waals surface area contributed by atoms with Crippen molar-refractivity contribution in [1.29, 1.82) is 0 Å². The Labute approximate surface area is 159 Å². The lowest BCUT2D eigenvalue weighted by atomic mass is 10.1. The van der Waals surface area contributed by atoms with Crippen LogP contribution in [-0.2, 0) is 19.1 Å². The highest BCUT2D eigenvalue weighted by molar-refractivity contribution is 5.98. The Morgan fingerprint density at radius 3 is 2.00 bits per heavy atom. The summed E-state index contributed by atoms with van der Waals surface area (Å²) in [6.07, 6.45) is 20.1. The van der Waals surface area contributed by atoms with E-state index >= 15 is 0 Å². The van der Waals surface area contributed by atoms with Crippen LogP contribution in [0.25, 0.3) is 0 Å². The quantitative estimate of drug-likeness (QED) is 0.138. The predicted octanol–water partition coefficient (Wildman–Crippen LogP) is 4.95. The number of carbonyl (C=O) groups is 2. The predicted molar refractivity (Wildman–Crippen MR) is 109 cm³/mol. The molecule has 0 aromatic carbocycles. The highest BCUT2D eigenvalue weighted by Crippen LogP contribution is 2.06. The van der Waals surface area contributed by atoms with Crippen LogP contribution in [0.4, 0.5) is 0 Å². The molecule has 0 aliphatic carbocycles. The Morgan fingerprint density at radius 2 is 1.54 bits per heavy atom. The molecule has 0 heterocycles. The summed E-state index contributed by atoms with van der Waals surface area (Å²) in [7, 11) is 0. The van der Waals surface area contributed by atoms with Crippen molar-refractivity contribution in [2.24, 2.45) is 0 Å². The van der Waals surface area contributed by atoms with Gasteiger partial charge >= 0.3 is 5.97 Å². The third-order valence-electron chi connectivity index (χ3n) is 2.61. The van der Waals surface area contributed by atoms with E-state index < -0.39 is 5.97 Å². The van der Waals surface area contributed by atoms with E-state index in [4.69, 9.17) is 9.47 Å². The van der Waals surface area contributed by atoms with Crippen molar-refractivity contribution in [3.05, 3.63) is 60.4 Å². The number of ketones is 1. The third-order valence-corrected chi connectivity index (χ3v) is 2.61. The van der Waals surface area contributed by atoms with E-state index in [-0.39, 0.29) is 19.0 Å². The summed E-state index contributed by atoms with van der Waals surface area (Å²) in [5.41, 5.74) is 0.687. The normalized spacial score (nSPS) is 11.0. The second-order valence-electron chi connectivity index (χ2n) is 4.18. The maximum atomic E-state index is 11.9. The molecule has 0 bridgehead atoms. The minimum absolute atomic E-state index is 0.0483. The fourth-order valence-corrected chi connectivity index (χ4v) is 1.52. The maximum absolute atomic E-state index is 11.9. The molecule has 144 valence electrons. The van der Waals surface area contributed by atoms with Crippen LogP contribution in [0.2, 0.25) is 0 Å². The number of hydrogen-bond donors (Lipinski definition) is 0. The SMILES string of the molecule is C#C.C=CC(=O)OCCOC(/C=C\CC(=O)C(/C=C\C)=C/C)=C/C.CC. The fraction of sp³-hybridized carbons (Fsp3) is 0.364. The molecule has 0 unspecified atom stereocenters. The van der Waals surface area contributed by atoms with E-state index in [0.29, 0.717) is 17.8 Å². The Balaban J connectivity index is -0.00000123. The first-order chi connectivity index (χ1) is 12.6. The van der Waals surface area contributed by atoms with Crippen molar-refractivity contribution in [2.75, 3.05) is 13.2 Å². The van der Waals surface area contributed by atoms with Crippen molar-refractivity contribution in [3.8, 4) is 12.8 Å². The highest BCUT2D eigenvalue weighted by Gasteiger charge is 2.03. The molecule has 0 saturated carbocycles. The van der Waals surface area contributed by atoms with Crippen LogP contribution in [0.1, 0.15) is 41.0 Å². The molecule has 0 saturated heterocycles. The molecule has 0 atom stereocenters. The second kappa shape index (κ2) is 22.2. The molecular weight excluding hydrogens is 328 g/mol. The molecule has 0 aliphatic rings. The number of allylic oxidation sites excluding steroid dienone is 7. The number of ether oxygens (including phenoxy) is 2. The van der Waals surface area contributed by atoms with Crippen molar-refractivity contribution < 1.29 is 19.1 Å². The van der Waals surface area contributed by atoms with Crippen molar-refractivity contribution >= 4 is 11.8 Å². The molecule has 0 radical (unpaired) electrons. The molecule has 0 rings (SSSR count). The lowest BCUT2D eigenvalue weighted by Crippen LogP contribution is -2.07. The fourth-order valence-electron chi connectivity index (χ4n) is 1.52. The van der Waals surface area contributed by atoms with Gasteiger partial charge in [0.25, 0.3) is 0 Å². The Hall–Kier alpha value is -2.80. The first kappa shape index (κ1) is 28.0. The summed E-state index contributed by atoms with van der Waals surface area (Å²) >= 11 is 0. The molecular formula is C22H32O4. The minimum Gasteiger partial charge on any atom is -0.490 e. The summed E-state index contributed by atoms with van der Waals surface area (Å²) < 4.78 is 10.2. The summed E-state index contributed by atoms with van der Waals surface area (Å²) in [6.45, 7) is 13.2. The molecule has 26 heavy (non-hydrogen) atoms. The van der Waals surface area contributed by atoms with E-state index in [1.165, 1.54) is 0 Å². The van der Waals surface area contributed by atoms with Gasteiger partial charge in [0.05, 0.1) is 0 Å². The van der Waals surface area contributed by atoms with Gasteiger partial charge in [-0.2, -0.15) is 0 Å². The van der Waals surface area contributed by atoms with Gasteiger partial charge in [-0.05, 0) is 32.9 Å². The smallest absolute Gasteiger partial charge is 0.330 e. The van der Waals surface area contributed by atoms with Gasteiger partial charge in [-0.15, -0.1) is 12.8 Å². The van der Waals surface area contributed by atoms with Gasteiger partial charge in [0.2, 0.25) is 0 Å². The molecule has 0 N–H and O–H groups in total. The van der Waals surface area contributed by atoms with E-state index in [1.54, 1.807) is 30.4 Å². The van der Waals surface area contributed by atoms with Gasteiger partial charge in [0, 0.05) is 18.1 Å². The summed E-state index contributed by atoms with van der Waals surface area (Å²) in [5.74, 6) is 0.192. The highest BCUT2D eigenvalue weighted by atomic mass is 16.6. The number of rotatable bonds is 10. The standard InChI is InChI=1S/C18H24O4.C2H6.C2H2/c1-5-10-15(6-2)17(19)12-9-11-16(7-3)21-13-14-22-18(20)8-4;2*1-2/h5-11H,4,12-14H2,1-3H3;1-2H3;1-2H/b10-5-,11-9-,15-6+,16-7+;;. The minimum atomic E-state index is -0.477. The first-order valence-electron chi connectivity index (χ1n) is 8.49. The van der Waals surface area contributed by atoms with Crippen LogP contribution < -0.4 is 0 Å². The average molecular weight is 360 g/mol. The summed E-state index contributed by atoms with van der Waals surface area (Å²) in [6, 6.07) is 0. The number of hydrogen-bond acceptors (Lipinski definition) is 4. The van der Waals surface area contributed by atoms with Crippen LogP contribution >= 0.6 is 0 Å². The lowest BCUT2D eigenvalue weighted by Gasteiger charge is -2.06. The van der Waals surface area contributed by atoms with Crippen LogP contribution in [-0.4, -0.2) is 25.0 Å². The molecule has 0 fully saturated rings. The molecule has 4 nitrogen and oxygen atoms in total. The summed E-state index contributed by atoms with van der Waals surface area (Å²) in [4.78, 5) is 22.8. The molecule has 0 aromatic heterocycles. The zero-order valence-corrected chi connectivity index (χ0v) is 16.7. The number of terminal acetylenes is 1. The second-order valence-corrected chi connectivity index (χ2v) is 4.18. The zero-order valence-electron chi connectivity index (χ0n) is 16.7. The largest absolute Gasteiger partial charge is 0.490 e. The van der Waals surface area contributed by atoms with Crippen molar-refractivity contribution in [2.45, 2.75) is 41.0 Å². The molecule has 4 heteroatoms. The van der Waals surface area contributed by atoms with Crippen molar-refractivity contribution in [3.63, 3.8) is 0 Å². The van der Waals surface area contributed by atoms with E-state index in [9.17, 15) is 9.59 Å².